The van der Waals surface area contributed by atoms with Gasteiger partial charge in [-0.3, -0.25) is 9.69 Å². The summed E-state index contributed by atoms with van der Waals surface area (Å²) in [6, 6.07) is 11.5. The number of aryl methyl sites for hydroxylation is 1. The van der Waals surface area contributed by atoms with Crippen LogP contribution in [0.25, 0.3) is 10.9 Å². The molecule has 4 heteroatoms. The Bertz CT molecular complexity index is 800. The van der Waals surface area contributed by atoms with Crippen molar-refractivity contribution >= 4 is 16.7 Å². The van der Waals surface area contributed by atoms with E-state index in [0.29, 0.717) is 6.54 Å². The summed E-state index contributed by atoms with van der Waals surface area (Å²) in [4.78, 5) is 17.9. The van der Waals surface area contributed by atoms with Crippen molar-refractivity contribution in [2.24, 2.45) is 0 Å². The number of aromatic amines is 1. The average Bonchev–Trinajstić information content (AvgIpc) is 3.12. The van der Waals surface area contributed by atoms with Crippen molar-refractivity contribution in [1.82, 2.24) is 9.88 Å². The molecular formula is C18H20N2O2. The Hall–Kier alpha value is -2.33. The van der Waals surface area contributed by atoms with Gasteiger partial charge in [0.15, 0.2) is 5.78 Å². The number of furan rings is 1. The fourth-order valence-electron chi connectivity index (χ4n) is 2.65. The molecule has 0 bridgehead atoms. The van der Waals surface area contributed by atoms with Crippen LogP contribution in [0.5, 0.6) is 0 Å². The lowest BCUT2D eigenvalue weighted by molar-refractivity contribution is 0.0857. The molecule has 4 nitrogen and oxygen atoms in total. The zero-order chi connectivity index (χ0) is 15.7. The lowest BCUT2D eigenvalue weighted by Crippen LogP contribution is -2.35. The van der Waals surface area contributed by atoms with E-state index in [2.05, 4.69) is 4.98 Å². The van der Waals surface area contributed by atoms with Crippen molar-refractivity contribution in [2.75, 3.05) is 7.05 Å². The van der Waals surface area contributed by atoms with Crippen molar-refractivity contribution in [2.45, 2.75) is 26.4 Å². The Labute approximate surface area is 129 Å². The van der Waals surface area contributed by atoms with E-state index in [4.69, 9.17) is 4.42 Å². The highest BCUT2D eigenvalue weighted by atomic mass is 16.3. The fourth-order valence-corrected chi connectivity index (χ4v) is 2.65. The zero-order valence-electron chi connectivity index (χ0n) is 13.1. The van der Waals surface area contributed by atoms with E-state index >= 15 is 0 Å². The van der Waals surface area contributed by atoms with Crippen LogP contribution >= 0.6 is 0 Å². The van der Waals surface area contributed by atoms with Gasteiger partial charge < -0.3 is 9.40 Å². The van der Waals surface area contributed by atoms with Gasteiger partial charge in [-0.05, 0) is 39.1 Å². The van der Waals surface area contributed by atoms with Crippen molar-refractivity contribution in [3.63, 3.8) is 0 Å². The molecular weight excluding hydrogens is 276 g/mol. The standard InChI is InChI=1S/C18H20N2O2/c1-12-8-9-14(22-12)11-20(3)13(2)18(21)16-10-19-17-7-5-4-6-15(16)17/h4-10,13,19H,11H2,1-3H3/t13-/m0/s1. The van der Waals surface area contributed by atoms with Crippen LogP contribution < -0.4 is 0 Å². The van der Waals surface area contributed by atoms with Gasteiger partial charge in [0, 0.05) is 22.7 Å². The number of Topliss-reactive ketones (excluding diaryl/α,β-unsaturated/α-hetero) is 1. The molecule has 0 amide bonds. The minimum atomic E-state index is -0.218. The van der Waals surface area contributed by atoms with Crippen molar-refractivity contribution in [3.05, 3.63) is 59.7 Å². The molecule has 0 aliphatic heterocycles. The summed E-state index contributed by atoms with van der Waals surface area (Å²) in [5.74, 6) is 1.88. The zero-order valence-corrected chi connectivity index (χ0v) is 13.1. The number of likely N-dealkylation sites (N-methyl/N-ethyl adjacent to an activating group) is 1. The number of fused-ring (bicyclic) bond motifs is 1. The van der Waals surface area contributed by atoms with Gasteiger partial charge in [0.1, 0.15) is 11.5 Å². The van der Waals surface area contributed by atoms with Crippen LogP contribution in [0.1, 0.15) is 28.8 Å². The molecule has 0 spiro atoms. The number of aromatic nitrogens is 1. The lowest BCUT2D eigenvalue weighted by atomic mass is 10.0. The first-order valence-electron chi connectivity index (χ1n) is 7.42. The number of carbonyl (C=O) groups is 1. The van der Waals surface area contributed by atoms with Crippen LogP contribution in [-0.2, 0) is 6.54 Å². The summed E-state index contributed by atoms with van der Waals surface area (Å²) in [6.45, 7) is 4.47. The molecule has 0 aliphatic rings. The third-order valence-electron chi connectivity index (χ3n) is 4.10. The molecule has 0 saturated carbocycles. The number of hydrogen-bond acceptors (Lipinski definition) is 3. The number of ketones is 1. The number of H-pyrrole nitrogens is 1. The van der Waals surface area contributed by atoms with Crippen molar-refractivity contribution in [1.29, 1.82) is 0 Å². The van der Waals surface area contributed by atoms with Gasteiger partial charge in [0.05, 0.1) is 12.6 Å². The molecule has 1 N–H and O–H groups in total. The quantitative estimate of drug-likeness (QED) is 0.729. The topological polar surface area (TPSA) is 49.2 Å². The largest absolute Gasteiger partial charge is 0.465 e. The summed E-state index contributed by atoms with van der Waals surface area (Å²) in [7, 11) is 1.94. The van der Waals surface area contributed by atoms with E-state index in [0.717, 1.165) is 28.0 Å². The molecule has 22 heavy (non-hydrogen) atoms. The SMILES string of the molecule is Cc1ccc(CN(C)[C@@H](C)C(=O)c2c[nH]c3ccccc23)o1. The maximum Gasteiger partial charge on any atom is 0.181 e. The summed E-state index contributed by atoms with van der Waals surface area (Å²) < 4.78 is 5.59. The molecule has 1 atom stereocenters. The summed E-state index contributed by atoms with van der Waals surface area (Å²) >= 11 is 0. The first-order valence-corrected chi connectivity index (χ1v) is 7.42. The molecule has 3 rings (SSSR count). The molecule has 0 fully saturated rings. The van der Waals surface area contributed by atoms with E-state index in [1.807, 2.05) is 62.2 Å². The summed E-state index contributed by atoms with van der Waals surface area (Å²) in [6.07, 6.45) is 1.80. The Balaban J connectivity index is 1.79. The third-order valence-corrected chi connectivity index (χ3v) is 4.10. The minimum Gasteiger partial charge on any atom is -0.465 e. The first kappa shape index (κ1) is 14.6. The third kappa shape index (κ3) is 2.70. The van der Waals surface area contributed by atoms with Crippen LogP contribution in [0.2, 0.25) is 0 Å². The number of benzene rings is 1. The van der Waals surface area contributed by atoms with E-state index in [1.165, 1.54) is 0 Å². The molecule has 3 aromatic rings. The maximum atomic E-state index is 12.8. The minimum absolute atomic E-state index is 0.114. The van der Waals surface area contributed by atoms with Crippen LogP contribution in [0, 0.1) is 6.92 Å². The summed E-state index contributed by atoms with van der Waals surface area (Å²) in [5.41, 5.74) is 1.73. The predicted molar refractivity (Wildman–Crippen MR) is 87.0 cm³/mol. The molecule has 0 radical (unpaired) electrons. The second-order valence-corrected chi connectivity index (χ2v) is 5.72. The maximum absolute atomic E-state index is 12.8. The van der Waals surface area contributed by atoms with Crippen LogP contribution in [-0.4, -0.2) is 28.8 Å². The van der Waals surface area contributed by atoms with Gasteiger partial charge >= 0.3 is 0 Å². The van der Waals surface area contributed by atoms with Gasteiger partial charge in [0.25, 0.3) is 0 Å². The average molecular weight is 296 g/mol. The first-order chi connectivity index (χ1) is 10.6. The van der Waals surface area contributed by atoms with E-state index in [1.54, 1.807) is 6.20 Å². The summed E-state index contributed by atoms with van der Waals surface area (Å²) in [5, 5.41) is 0.974. The van der Waals surface area contributed by atoms with E-state index < -0.39 is 0 Å². The smallest absolute Gasteiger partial charge is 0.181 e. The normalized spacial score (nSPS) is 12.9. The van der Waals surface area contributed by atoms with Gasteiger partial charge in [-0.1, -0.05) is 18.2 Å². The molecule has 2 heterocycles. The van der Waals surface area contributed by atoms with Gasteiger partial charge in [-0.25, -0.2) is 0 Å². The van der Waals surface area contributed by atoms with E-state index in [9.17, 15) is 4.79 Å². The predicted octanol–water partition coefficient (Wildman–Crippen LogP) is 3.77. The van der Waals surface area contributed by atoms with Crippen molar-refractivity contribution < 1.29 is 9.21 Å². The molecule has 114 valence electrons. The van der Waals surface area contributed by atoms with Gasteiger partial charge in [0.2, 0.25) is 0 Å². The Kier molecular flexibility index (Phi) is 3.86. The number of carbonyl (C=O) groups excluding carboxylic acids is 1. The molecule has 0 saturated heterocycles. The number of para-hydroxylation sites is 1. The molecule has 0 unspecified atom stereocenters. The highest BCUT2D eigenvalue weighted by Gasteiger charge is 2.22. The lowest BCUT2D eigenvalue weighted by Gasteiger charge is -2.22. The van der Waals surface area contributed by atoms with Crippen LogP contribution in [0.4, 0.5) is 0 Å². The Morgan fingerprint density at radius 1 is 1.27 bits per heavy atom. The monoisotopic (exact) mass is 296 g/mol. The second-order valence-electron chi connectivity index (χ2n) is 5.72. The highest BCUT2D eigenvalue weighted by molar-refractivity contribution is 6.10. The van der Waals surface area contributed by atoms with Gasteiger partial charge in [-0.15, -0.1) is 0 Å². The number of nitrogens with one attached hydrogen (secondary N) is 1. The highest BCUT2D eigenvalue weighted by Crippen LogP contribution is 2.21. The van der Waals surface area contributed by atoms with Crippen LogP contribution in [0.3, 0.4) is 0 Å². The second kappa shape index (κ2) is 5.81. The number of nitrogens with zero attached hydrogens (tertiary/aromatic N) is 1. The Morgan fingerprint density at radius 3 is 2.77 bits per heavy atom. The van der Waals surface area contributed by atoms with Crippen LogP contribution in [0.15, 0.2) is 47.0 Å². The Morgan fingerprint density at radius 2 is 2.05 bits per heavy atom. The van der Waals surface area contributed by atoms with Crippen molar-refractivity contribution in [3.8, 4) is 0 Å². The number of rotatable bonds is 5. The molecule has 0 aliphatic carbocycles. The fraction of sp³-hybridized carbons (Fsp3) is 0.278. The van der Waals surface area contributed by atoms with Gasteiger partial charge in [-0.2, -0.15) is 0 Å². The number of hydrogen-bond donors (Lipinski definition) is 1. The van der Waals surface area contributed by atoms with E-state index in [-0.39, 0.29) is 11.8 Å². The molecule has 2 aromatic heterocycles. The molecule has 1 aromatic carbocycles.